The van der Waals surface area contributed by atoms with Gasteiger partial charge in [-0.05, 0) is 12.5 Å². The van der Waals surface area contributed by atoms with Gasteiger partial charge in [-0.2, -0.15) is 0 Å². The second-order valence-electron chi connectivity index (χ2n) is 5.51. The third kappa shape index (κ3) is 3.06. The summed E-state index contributed by atoms with van der Waals surface area (Å²) in [6.07, 6.45) is 0.123. The fourth-order valence-corrected chi connectivity index (χ4v) is 3.67. The highest BCUT2D eigenvalue weighted by Crippen LogP contribution is 2.21. The van der Waals surface area contributed by atoms with Crippen molar-refractivity contribution in [3.63, 3.8) is 0 Å². The molecule has 0 bridgehead atoms. The van der Waals surface area contributed by atoms with Crippen molar-refractivity contribution in [2.75, 3.05) is 7.05 Å². The zero-order chi connectivity index (χ0) is 18.1. The molecule has 0 atom stereocenters. The summed E-state index contributed by atoms with van der Waals surface area (Å²) in [5.41, 5.74) is 0.831. The van der Waals surface area contributed by atoms with Crippen LogP contribution in [0.15, 0.2) is 29.1 Å². The van der Waals surface area contributed by atoms with Gasteiger partial charge in [0.1, 0.15) is 11.5 Å². The Bertz CT molecular complexity index is 1030. The molecule has 130 valence electrons. The van der Waals surface area contributed by atoms with Crippen LogP contribution in [-0.4, -0.2) is 27.4 Å². The predicted octanol–water partition coefficient (Wildman–Crippen LogP) is 1.65. The maximum Gasteiger partial charge on any atom is 0.269 e. The van der Waals surface area contributed by atoms with Gasteiger partial charge in [0, 0.05) is 30.0 Å². The molecule has 0 saturated carbocycles. The number of fused-ring (bicyclic) bond motifs is 1. The first kappa shape index (κ1) is 17.2. The van der Waals surface area contributed by atoms with E-state index in [0.717, 1.165) is 0 Å². The normalized spacial score (nSPS) is 11.0. The Hall–Kier alpha value is -2.58. The molecule has 8 heteroatoms. The number of carbonyl (C=O) groups is 1. The van der Waals surface area contributed by atoms with Gasteiger partial charge in [0.15, 0.2) is 4.96 Å². The number of rotatable bonds is 4. The lowest BCUT2D eigenvalue weighted by molar-refractivity contribution is 0.0956. The number of carbonyl (C=O) groups excluding carboxylic acids is 1. The number of thiazole rings is 1. The van der Waals surface area contributed by atoms with Crippen molar-refractivity contribution in [1.29, 1.82) is 0 Å². The Balaban J connectivity index is 2.09. The van der Waals surface area contributed by atoms with E-state index in [1.807, 2.05) is 0 Å². The molecule has 3 aromatic rings. The number of aryl methyl sites for hydroxylation is 1. The van der Waals surface area contributed by atoms with Crippen LogP contribution in [0.25, 0.3) is 4.96 Å². The number of aliphatic hydroxyl groups excluding tert-OH is 1. The fourth-order valence-electron chi connectivity index (χ4n) is 2.68. The second-order valence-corrected chi connectivity index (χ2v) is 6.70. The van der Waals surface area contributed by atoms with E-state index in [4.69, 9.17) is 5.11 Å². The van der Waals surface area contributed by atoms with Crippen LogP contribution < -0.4 is 10.9 Å². The second kappa shape index (κ2) is 6.73. The van der Waals surface area contributed by atoms with E-state index in [1.54, 1.807) is 19.1 Å². The van der Waals surface area contributed by atoms with Crippen molar-refractivity contribution in [2.24, 2.45) is 0 Å². The number of aliphatic hydroxyl groups is 1. The van der Waals surface area contributed by atoms with Crippen LogP contribution in [0.3, 0.4) is 0 Å². The smallest absolute Gasteiger partial charge is 0.269 e. The summed E-state index contributed by atoms with van der Waals surface area (Å²) >= 11 is 1.23. The molecule has 0 fully saturated rings. The SMILES string of the molecule is CNC(=O)c1c(C)sc2nc(Cc3cccc(CO)c3F)cc(=O)n12. The van der Waals surface area contributed by atoms with Gasteiger partial charge in [0.2, 0.25) is 0 Å². The number of aromatic nitrogens is 2. The van der Waals surface area contributed by atoms with Crippen LogP contribution >= 0.6 is 11.3 Å². The Morgan fingerprint density at radius 2 is 2.12 bits per heavy atom. The van der Waals surface area contributed by atoms with Crippen molar-refractivity contribution in [3.05, 3.63) is 67.8 Å². The van der Waals surface area contributed by atoms with Gasteiger partial charge < -0.3 is 10.4 Å². The average Bonchev–Trinajstić information content (AvgIpc) is 2.92. The molecule has 2 heterocycles. The molecule has 1 aromatic carbocycles. The summed E-state index contributed by atoms with van der Waals surface area (Å²) in [5, 5.41) is 11.7. The zero-order valence-corrected chi connectivity index (χ0v) is 14.5. The summed E-state index contributed by atoms with van der Waals surface area (Å²) in [4.78, 5) is 29.9. The van der Waals surface area contributed by atoms with Crippen molar-refractivity contribution in [3.8, 4) is 0 Å². The molecule has 2 aromatic heterocycles. The maximum atomic E-state index is 14.3. The Kier molecular flexibility index (Phi) is 4.65. The van der Waals surface area contributed by atoms with E-state index in [2.05, 4.69) is 10.3 Å². The summed E-state index contributed by atoms with van der Waals surface area (Å²) < 4.78 is 15.5. The maximum absolute atomic E-state index is 14.3. The van der Waals surface area contributed by atoms with Crippen molar-refractivity contribution in [1.82, 2.24) is 14.7 Å². The van der Waals surface area contributed by atoms with E-state index in [0.29, 0.717) is 21.1 Å². The highest BCUT2D eigenvalue weighted by Gasteiger charge is 2.19. The molecule has 6 nitrogen and oxygen atoms in total. The third-order valence-electron chi connectivity index (χ3n) is 3.89. The highest BCUT2D eigenvalue weighted by molar-refractivity contribution is 7.17. The molecule has 0 aliphatic heterocycles. The van der Waals surface area contributed by atoms with Crippen LogP contribution in [0.4, 0.5) is 4.39 Å². The molecule has 0 spiro atoms. The van der Waals surface area contributed by atoms with Crippen LogP contribution in [0.2, 0.25) is 0 Å². The van der Waals surface area contributed by atoms with E-state index >= 15 is 0 Å². The summed E-state index contributed by atoms with van der Waals surface area (Å²) in [6, 6.07) is 6.04. The van der Waals surface area contributed by atoms with Crippen molar-refractivity contribution in [2.45, 2.75) is 20.0 Å². The lowest BCUT2D eigenvalue weighted by Gasteiger charge is -2.07. The highest BCUT2D eigenvalue weighted by atomic mass is 32.1. The van der Waals surface area contributed by atoms with E-state index < -0.39 is 12.4 Å². The molecule has 3 rings (SSSR count). The van der Waals surface area contributed by atoms with Gasteiger partial charge in [-0.1, -0.05) is 18.2 Å². The van der Waals surface area contributed by atoms with Crippen LogP contribution in [0.1, 0.15) is 32.2 Å². The number of nitrogens with zero attached hydrogens (tertiary/aromatic N) is 2. The summed E-state index contributed by atoms with van der Waals surface area (Å²) in [6.45, 7) is 1.35. The van der Waals surface area contributed by atoms with Crippen molar-refractivity contribution >= 4 is 22.2 Å². The number of hydrogen-bond donors (Lipinski definition) is 2. The van der Waals surface area contributed by atoms with Crippen LogP contribution in [-0.2, 0) is 13.0 Å². The minimum atomic E-state index is -0.500. The summed E-state index contributed by atoms with van der Waals surface area (Å²) in [7, 11) is 1.50. The lowest BCUT2D eigenvalue weighted by atomic mass is 10.1. The number of amides is 1. The molecular weight excluding hydrogens is 345 g/mol. The third-order valence-corrected chi connectivity index (χ3v) is 4.84. The molecular formula is C17H16FN3O3S. The largest absolute Gasteiger partial charge is 0.392 e. The molecule has 1 amide bonds. The van der Waals surface area contributed by atoms with E-state index in [1.165, 1.54) is 34.9 Å². The topological polar surface area (TPSA) is 83.7 Å². The molecule has 25 heavy (non-hydrogen) atoms. The predicted molar refractivity (Wildman–Crippen MR) is 92.6 cm³/mol. The van der Waals surface area contributed by atoms with Gasteiger partial charge in [0.05, 0.1) is 12.3 Å². The standard InChI is InChI=1S/C17H16FN3O3S/c1-9-15(16(24)19-2)21-13(23)7-12(20-17(21)25-9)6-10-4-3-5-11(8-22)14(10)18/h3-5,7,22H,6,8H2,1-2H3,(H,19,24). The van der Waals surface area contributed by atoms with E-state index in [-0.39, 0.29) is 29.1 Å². The first-order valence-electron chi connectivity index (χ1n) is 7.57. The number of hydrogen-bond acceptors (Lipinski definition) is 5. The van der Waals surface area contributed by atoms with Gasteiger partial charge in [0.25, 0.3) is 11.5 Å². The zero-order valence-electron chi connectivity index (χ0n) is 13.7. The first-order valence-corrected chi connectivity index (χ1v) is 8.39. The number of halogens is 1. The molecule has 0 radical (unpaired) electrons. The average molecular weight is 361 g/mol. The molecule has 0 unspecified atom stereocenters. The minimum absolute atomic E-state index is 0.123. The fraction of sp³-hybridized carbons (Fsp3) is 0.235. The van der Waals surface area contributed by atoms with Gasteiger partial charge >= 0.3 is 0 Å². The minimum Gasteiger partial charge on any atom is -0.392 e. The summed E-state index contributed by atoms with van der Waals surface area (Å²) in [5.74, 6) is -0.859. The Labute approximate surface area is 146 Å². The number of benzene rings is 1. The quantitative estimate of drug-likeness (QED) is 0.740. The number of nitrogens with one attached hydrogen (secondary N) is 1. The Morgan fingerprint density at radius 1 is 1.40 bits per heavy atom. The molecule has 2 N–H and O–H groups in total. The van der Waals surface area contributed by atoms with Crippen LogP contribution in [0, 0.1) is 12.7 Å². The molecule has 0 saturated heterocycles. The van der Waals surface area contributed by atoms with Crippen LogP contribution in [0.5, 0.6) is 0 Å². The Morgan fingerprint density at radius 3 is 2.80 bits per heavy atom. The lowest BCUT2D eigenvalue weighted by Crippen LogP contribution is -2.25. The van der Waals surface area contributed by atoms with Crippen molar-refractivity contribution < 1.29 is 14.3 Å². The van der Waals surface area contributed by atoms with Gasteiger partial charge in [-0.25, -0.2) is 13.8 Å². The van der Waals surface area contributed by atoms with E-state index in [9.17, 15) is 14.0 Å². The molecule has 0 aliphatic carbocycles. The first-order chi connectivity index (χ1) is 12.0. The monoisotopic (exact) mass is 361 g/mol. The molecule has 0 aliphatic rings. The van der Waals surface area contributed by atoms with Gasteiger partial charge in [-0.3, -0.25) is 9.59 Å². The van der Waals surface area contributed by atoms with Gasteiger partial charge in [-0.15, -0.1) is 11.3 Å².